The lowest BCUT2D eigenvalue weighted by molar-refractivity contribution is -0.207. The third kappa shape index (κ3) is 2.20. The molecule has 0 aromatic carbocycles. The number of ether oxygens (including phenoxy) is 1. The van der Waals surface area contributed by atoms with E-state index in [1.54, 1.807) is 12.3 Å². The predicted octanol–water partition coefficient (Wildman–Crippen LogP) is 2.15. The van der Waals surface area contributed by atoms with Crippen molar-refractivity contribution in [3.8, 4) is 0 Å². The summed E-state index contributed by atoms with van der Waals surface area (Å²) in [6.45, 7) is 3.96. The van der Waals surface area contributed by atoms with Crippen molar-refractivity contribution < 1.29 is 19.1 Å². The number of aliphatic hydroxyl groups excluding tert-OH is 1. The zero-order chi connectivity index (χ0) is 16.0. The third-order valence-corrected chi connectivity index (χ3v) is 5.56. The summed E-state index contributed by atoms with van der Waals surface area (Å²) in [5.74, 6) is -0.00646. The van der Waals surface area contributed by atoms with Crippen LogP contribution in [0.25, 0.3) is 11.1 Å². The van der Waals surface area contributed by atoms with E-state index >= 15 is 0 Å². The van der Waals surface area contributed by atoms with Crippen molar-refractivity contribution in [3.63, 3.8) is 0 Å². The molecule has 2 N–H and O–H groups in total. The molecule has 124 valence electrons. The highest BCUT2D eigenvalue weighted by molar-refractivity contribution is 5.96. The van der Waals surface area contributed by atoms with Gasteiger partial charge in [0.25, 0.3) is 5.91 Å². The normalized spacial score (nSPS) is 26.6. The molecule has 2 unspecified atom stereocenters. The number of H-pyrrole nitrogens is 1. The van der Waals surface area contributed by atoms with Gasteiger partial charge in [-0.3, -0.25) is 4.79 Å². The number of aliphatic hydroxyl groups is 1. The van der Waals surface area contributed by atoms with E-state index in [0.717, 1.165) is 24.8 Å². The SMILES string of the molecule is CCOC1CC(O)C12CCN(C(=O)c1cc3occc3[nH]1)CC2. The highest BCUT2D eigenvalue weighted by Crippen LogP contribution is 2.51. The molecule has 1 saturated carbocycles. The van der Waals surface area contributed by atoms with E-state index in [9.17, 15) is 9.90 Å². The highest BCUT2D eigenvalue weighted by atomic mass is 16.5. The molecule has 23 heavy (non-hydrogen) atoms. The van der Waals surface area contributed by atoms with Gasteiger partial charge in [0.2, 0.25) is 0 Å². The first-order valence-electron chi connectivity index (χ1n) is 8.29. The summed E-state index contributed by atoms with van der Waals surface area (Å²) in [7, 11) is 0. The lowest BCUT2D eigenvalue weighted by Gasteiger charge is -2.56. The second-order valence-corrected chi connectivity index (χ2v) is 6.60. The number of piperidine rings is 1. The number of nitrogens with one attached hydrogen (secondary N) is 1. The molecule has 4 rings (SSSR count). The van der Waals surface area contributed by atoms with Crippen molar-refractivity contribution in [2.45, 2.75) is 38.4 Å². The number of nitrogens with zero attached hydrogens (tertiary/aromatic N) is 1. The Morgan fingerprint density at radius 2 is 2.30 bits per heavy atom. The fraction of sp³-hybridized carbons (Fsp3) is 0.588. The number of aromatic amines is 1. The van der Waals surface area contributed by atoms with E-state index in [-0.39, 0.29) is 23.5 Å². The number of hydrogen-bond acceptors (Lipinski definition) is 4. The van der Waals surface area contributed by atoms with E-state index < -0.39 is 0 Å². The van der Waals surface area contributed by atoms with Crippen LogP contribution in [0, 0.1) is 5.41 Å². The smallest absolute Gasteiger partial charge is 0.270 e. The summed E-state index contributed by atoms with van der Waals surface area (Å²) in [6, 6.07) is 3.57. The van der Waals surface area contributed by atoms with Crippen LogP contribution in [0.2, 0.25) is 0 Å². The standard InChI is InChI=1S/C17H22N2O4/c1-2-22-15-10-14(20)17(15)4-6-19(7-5-17)16(21)12-9-13-11(18-12)3-8-23-13/h3,8-9,14-15,18,20H,2,4-7,10H2,1H3. The molecule has 1 spiro atoms. The van der Waals surface area contributed by atoms with Crippen LogP contribution in [-0.4, -0.2) is 52.8 Å². The minimum Gasteiger partial charge on any atom is -0.463 e. The van der Waals surface area contributed by atoms with Crippen LogP contribution in [-0.2, 0) is 4.74 Å². The van der Waals surface area contributed by atoms with Crippen molar-refractivity contribution in [1.29, 1.82) is 0 Å². The summed E-state index contributed by atoms with van der Waals surface area (Å²) in [5, 5.41) is 10.2. The zero-order valence-corrected chi connectivity index (χ0v) is 13.2. The maximum absolute atomic E-state index is 12.6. The molecule has 1 saturated heterocycles. The molecule has 2 aromatic rings. The number of furan rings is 1. The van der Waals surface area contributed by atoms with Gasteiger partial charge in [-0.05, 0) is 19.8 Å². The Balaban J connectivity index is 1.45. The van der Waals surface area contributed by atoms with Gasteiger partial charge in [-0.25, -0.2) is 0 Å². The number of fused-ring (bicyclic) bond motifs is 1. The predicted molar refractivity (Wildman–Crippen MR) is 84.2 cm³/mol. The average molecular weight is 318 g/mol. The van der Waals surface area contributed by atoms with Gasteiger partial charge in [0, 0.05) is 43.7 Å². The summed E-state index contributed by atoms with van der Waals surface area (Å²) >= 11 is 0. The Morgan fingerprint density at radius 1 is 1.52 bits per heavy atom. The molecule has 0 radical (unpaired) electrons. The molecule has 2 aliphatic rings. The van der Waals surface area contributed by atoms with Crippen LogP contribution in [0.3, 0.4) is 0 Å². The van der Waals surface area contributed by atoms with Crippen LogP contribution in [0.15, 0.2) is 22.8 Å². The molecule has 0 bridgehead atoms. The second kappa shape index (κ2) is 5.39. The highest BCUT2D eigenvalue weighted by Gasteiger charge is 2.56. The number of rotatable bonds is 3. The number of amides is 1. The van der Waals surface area contributed by atoms with E-state index in [2.05, 4.69) is 4.98 Å². The lowest BCUT2D eigenvalue weighted by atomic mass is 9.58. The maximum Gasteiger partial charge on any atom is 0.270 e. The van der Waals surface area contributed by atoms with Gasteiger partial charge in [-0.15, -0.1) is 0 Å². The molecular weight excluding hydrogens is 296 g/mol. The monoisotopic (exact) mass is 318 g/mol. The van der Waals surface area contributed by atoms with Gasteiger partial charge in [-0.2, -0.15) is 0 Å². The van der Waals surface area contributed by atoms with Crippen molar-refractivity contribution in [2.75, 3.05) is 19.7 Å². The summed E-state index contributed by atoms with van der Waals surface area (Å²) in [4.78, 5) is 17.6. The first-order valence-corrected chi connectivity index (χ1v) is 8.29. The van der Waals surface area contributed by atoms with Crippen molar-refractivity contribution >= 4 is 17.0 Å². The molecule has 2 fully saturated rings. The quantitative estimate of drug-likeness (QED) is 0.909. The van der Waals surface area contributed by atoms with Crippen LogP contribution >= 0.6 is 0 Å². The van der Waals surface area contributed by atoms with Gasteiger partial charge >= 0.3 is 0 Å². The Morgan fingerprint density at radius 3 is 2.96 bits per heavy atom. The van der Waals surface area contributed by atoms with E-state index in [1.165, 1.54) is 0 Å². The first kappa shape index (κ1) is 14.8. The lowest BCUT2D eigenvalue weighted by Crippen LogP contribution is -2.62. The number of aromatic nitrogens is 1. The van der Waals surface area contributed by atoms with Crippen LogP contribution in [0.1, 0.15) is 36.7 Å². The van der Waals surface area contributed by atoms with E-state index in [4.69, 9.17) is 9.15 Å². The van der Waals surface area contributed by atoms with Crippen LogP contribution in [0.5, 0.6) is 0 Å². The number of carbonyl (C=O) groups is 1. The van der Waals surface area contributed by atoms with E-state index in [1.807, 2.05) is 17.9 Å². The molecule has 3 heterocycles. The Hall–Kier alpha value is -1.79. The molecule has 2 atom stereocenters. The molecule has 6 nitrogen and oxygen atoms in total. The molecule has 2 aromatic heterocycles. The van der Waals surface area contributed by atoms with Crippen molar-refractivity contribution in [3.05, 3.63) is 24.1 Å². The Kier molecular flexibility index (Phi) is 3.46. The Bertz CT molecular complexity index is 681. The Labute approximate surface area is 134 Å². The number of likely N-dealkylation sites (tertiary alicyclic amines) is 1. The molecule has 1 aliphatic carbocycles. The zero-order valence-electron chi connectivity index (χ0n) is 13.2. The number of hydrogen-bond donors (Lipinski definition) is 2. The van der Waals surface area contributed by atoms with Crippen LogP contribution < -0.4 is 0 Å². The largest absolute Gasteiger partial charge is 0.463 e. The summed E-state index contributed by atoms with van der Waals surface area (Å²) in [5.41, 5.74) is 1.95. The number of carbonyl (C=O) groups excluding carboxylic acids is 1. The third-order valence-electron chi connectivity index (χ3n) is 5.56. The fourth-order valence-electron chi connectivity index (χ4n) is 4.08. The molecule has 1 aliphatic heterocycles. The fourth-order valence-corrected chi connectivity index (χ4v) is 4.08. The van der Waals surface area contributed by atoms with Gasteiger partial charge in [-0.1, -0.05) is 0 Å². The average Bonchev–Trinajstić information content (AvgIpc) is 3.16. The van der Waals surface area contributed by atoms with Gasteiger partial charge in [0.1, 0.15) is 5.69 Å². The van der Waals surface area contributed by atoms with Gasteiger partial charge in [0.15, 0.2) is 5.58 Å². The first-order chi connectivity index (χ1) is 11.1. The maximum atomic E-state index is 12.6. The van der Waals surface area contributed by atoms with Crippen molar-refractivity contribution in [1.82, 2.24) is 9.88 Å². The van der Waals surface area contributed by atoms with Crippen molar-refractivity contribution in [2.24, 2.45) is 5.41 Å². The minimum absolute atomic E-state index is 0.00646. The van der Waals surface area contributed by atoms with Gasteiger partial charge in [0.05, 0.1) is 24.0 Å². The summed E-state index contributed by atoms with van der Waals surface area (Å²) < 4.78 is 11.1. The molecule has 6 heteroatoms. The van der Waals surface area contributed by atoms with E-state index in [0.29, 0.717) is 31.0 Å². The minimum atomic E-state index is -0.302. The topological polar surface area (TPSA) is 78.7 Å². The second-order valence-electron chi connectivity index (χ2n) is 6.60. The van der Waals surface area contributed by atoms with Gasteiger partial charge < -0.3 is 24.1 Å². The molecular formula is C17H22N2O4. The molecule has 1 amide bonds. The van der Waals surface area contributed by atoms with Crippen LogP contribution in [0.4, 0.5) is 0 Å². The summed E-state index contributed by atoms with van der Waals surface area (Å²) in [6.07, 6.45) is 3.74.